The summed E-state index contributed by atoms with van der Waals surface area (Å²) in [6.45, 7) is 2.26. The summed E-state index contributed by atoms with van der Waals surface area (Å²) < 4.78 is 4.05. The maximum absolute atomic E-state index is 11.0. The van der Waals surface area contributed by atoms with Crippen LogP contribution >= 0.6 is 0 Å². The normalized spacial score (nSPS) is 10.7. The number of hydrogen-bond donors (Lipinski definition) is 1. The molecule has 4 heteroatoms. The second-order valence-electron chi connectivity index (χ2n) is 6.44. The van der Waals surface area contributed by atoms with E-state index >= 15 is 0 Å². The van der Waals surface area contributed by atoms with Crippen molar-refractivity contribution in [2.24, 2.45) is 0 Å². The Morgan fingerprint density at radius 1 is 0.652 bits per heavy atom. The minimum absolute atomic E-state index is 0.213. The Bertz CT molecular complexity index is 289. The molecule has 0 fully saturated rings. The Kier molecular flexibility index (Phi) is 16.5. The SMILES string of the molecule is CCCCCCCCCCCCCCCCCC(=O)OC(=O)O. The van der Waals surface area contributed by atoms with Gasteiger partial charge in [-0.3, -0.25) is 4.79 Å². The average Bonchev–Trinajstić information content (AvgIpc) is 2.50. The van der Waals surface area contributed by atoms with Gasteiger partial charge in [-0.2, -0.15) is 0 Å². The lowest BCUT2D eigenvalue weighted by Gasteiger charge is -2.03. The van der Waals surface area contributed by atoms with E-state index in [0.717, 1.165) is 19.3 Å². The highest BCUT2D eigenvalue weighted by Gasteiger charge is 2.07. The van der Waals surface area contributed by atoms with Crippen molar-refractivity contribution in [3.63, 3.8) is 0 Å². The van der Waals surface area contributed by atoms with Crippen molar-refractivity contribution in [3.05, 3.63) is 0 Å². The quantitative estimate of drug-likeness (QED) is 0.200. The Morgan fingerprint density at radius 2 is 1.00 bits per heavy atom. The molecule has 1 N–H and O–H groups in total. The van der Waals surface area contributed by atoms with Crippen LogP contribution in [0.25, 0.3) is 0 Å². The van der Waals surface area contributed by atoms with Crippen LogP contribution in [0.4, 0.5) is 4.79 Å². The van der Waals surface area contributed by atoms with Crippen LogP contribution in [-0.4, -0.2) is 17.2 Å². The molecule has 0 saturated carbocycles. The van der Waals surface area contributed by atoms with E-state index in [1.165, 1.54) is 77.0 Å². The molecule has 0 bridgehead atoms. The monoisotopic (exact) mass is 328 g/mol. The number of ether oxygens (including phenoxy) is 1. The van der Waals surface area contributed by atoms with Gasteiger partial charge >= 0.3 is 12.1 Å². The predicted octanol–water partition coefficient (Wildman–Crippen LogP) is 6.47. The van der Waals surface area contributed by atoms with Gasteiger partial charge in [-0.25, -0.2) is 4.79 Å². The maximum atomic E-state index is 11.0. The van der Waals surface area contributed by atoms with Crippen LogP contribution in [0.3, 0.4) is 0 Å². The van der Waals surface area contributed by atoms with E-state index in [1.54, 1.807) is 0 Å². The van der Waals surface area contributed by atoms with Crippen molar-refractivity contribution in [2.45, 2.75) is 110 Å². The summed E-state index contributed by atoms with van der Waals surface area (Å²) in [4.78, 5) is 21.1. The zero-order valence-corrected chi connectivity index (χ0v) is 15.0. The maximum Gasteiger partial charge on any atom is 0.513 e. The molecule has 0 saturated heterocycles. The van der Waals surface area contributed by atoms with E-state index in [1.807, 2.05) is 0 Å². The van der Waals surface area contributed by atoms with Gasteiger partial charge in [0.1, 0.15) is 0 Å². The van der Waals surface area contributed by atoms with Crippen LogP contribution in [0.1, 0.15) is 110 Å². The standard InChI is InChI=1S/C19H36O4/c1-2-3-4-5-6-7-8-9-10-11-12-13-14-15-16-17-18(20)23-19(21)22/h2-17H2,1H3,(H,21,22). The van der Waals surface area contributed by atoms with E-state index in [-0.39, 0.29) is 6.42 Å². The first-order valence-corrected chi connectivity index (χ1v) is 9.60. The van der Waals surface area contributed by atoms with Gasteiger partial charge in [0, 0.05) is 6.42 Å². The Morgan fingerprint density at radius 3 is 1.35 bits per heavy atom. The van der Waals surface area contributed by atoms with Crippen molar-refractivity contribution in [3.8, 4) is 0 Å². The number of rotatable bonds is 16. The summed E-state index contributed by atoms with van der Waals surface area (Å²) in [5.41, 5.74) is 0. The molecule has 0 radical (unpaired) electrons. The third-order valence-corrected chi connectivity index (χ3v) is 4.19. The number of unbranched alkanes of at least 4 members (excludes halogenated alkanes) is 14. The van der Waals surface area contributed by atoms with Gasteiger partial charge in [0.25, 0.3) is 0 Å². The van der Waals surface area contributed by atoms with Gasteiger partial charge < -0.3 is 9.84 Å². The van der Waals surface area contributed by atoms with Gasteiger partial charge in [-0.1, -0.05) is 96.8 Å². The zero-order chi connectivity index (χ0) is 17.2. The zero-order valence-electron chi connectivity index (χ0n) is 15.0. The molecule has 0 aromatic carbocycles. The molecule has 136 valence electrons. The van der Waals surface area contributed by atoms with Crippen LogP contribution < -0.4 is 0 Å². The van der Waals surface area contributed by atoms with Crippen LogP contribution in [0.5, 0.6) is 0 Å². The molecule has 0 aliphatic heterocycles. The van der Waals surface area contributed by atoms with Crippen LogP contribution in [0.15, 0.2) is 0 Å². The smallest absolute Gasteiger partial charge is 0.449 e. The van der Waals surface area contributed by atoms with E-state index in [0.29, 0.717) is 0 Å². The van der Waals surface area contributed by atoms with Gasteiger partial charge in [0.15, 0.2) is 0 Å². The topological polar surface area (TPSA) is 63.6 Å². The highest BCUT2D eigenvalue weighted by molar-refractivity contribution is 5.80. The molecule has 0 aromatic heterocycles. The van der Waals surface area contributed by atoms with Crippen LogP contribution in [-0.2, 0) is 9.53 Å². The lowest BCUT2D eigenvalue weighted by molar-refractivity contribution is -0.139. The molecule has 0 aliphatic carbocycles. The molecule has 0 amide bonds. The first kappa shape index (κ1) is 21.9. The van der Waals surface area contributed by atoms with Gasteiger partial charge in [-0.15, -0.1) is 0 Å². The van der Waals surface area contributed by atoms with Crippen molar-refractivity contribution < 1.29 is 19.4 Å². The minimum Gasteiger partial charge on any atom is -0.449 e. The second-order valence-corrected chi connectivity index (χ2v) is 6.44. The molecular formula is C19H36O4. The largest absolute Gasteiger partial charge is 0.513 e. The molecule has 0 aromatic rings. The number of carboxylic acid groups (broad SMARTS) is 1. The summed E-state index contributed by atoms with van der Waals surface area (Å²) in [5, 5.41) is 8.27. The minimum atomic E-state index is -1.50. The van der Waals surface area contributed by atoms with Gasteiger partial charge in [0.2, 0.25) is 0 Å². The van der Waals surface area contributed by atoms with E-state index < -0.39 is 12.1 Å². The molecule has 0 spiro atoms. The van der Waals surface area contributed by atoms with Gasteiger partial charge in [0.05, 0.1) is 0 Å². The molecular weight excluding hydrogens is 292 g/mol. The summed E-state index contributed by atoms with van der Waals surface area (Å²) in [5.74, 6) is -0.632. The first-order chi connectivity index (χ1) is 11.2. The fourth-order valence-corrected chi connectivity index (χ4v) is 2.79. The molecule has 0 aliphatic rings. The second kappa shape index (κ2) is 17.3. The van der Waals surface area contributed by atoms with Crippen molar-refractivity contribution in [2.75, 3.05) is 0 Å². The lowest BCUT2D eigenvalue weighted by Crippen LogP contribution is -2.09. The summed E-state index contributed by atoms with van der Waals surface area (Å²) >= 11 is 0. The van der Waals surface area contributed by atoms with Crippen LogP contribution in [0, 0.1) is 0 Å². The van der Waals surface area contributed by atoms with Crippen molar-refractivity contribution in [1.82, 2.24) is 0 Å². The number of hydrogen-bond acceptors (Lipinski definition) is 3. The van der Waals surface area contributed by atoms with E-state index in [9.17, 15) is 9.59 Å². The molecule has 0 heterocycles. The third kappa shape index (κ3) is 18.9. The molecule has 4 nitrogen and oxygen atoms in total. The Hall–Kier alpha value is -1.06. The van der Waals surface area contributed by atoms with Gasteiger partial charge in [-0.05, 0) is 6.42 Å². The number of carbonyl (C=O) groups is 2. The van der Waals surface area contributed by atoms with Crippen molar-refractivity contribution >= 4 is 12.1 Å². The van der Waals surface area contributed by atoms with E-state index in [2.05, 4.69) is 11.7 Å². The first-order valence-electron chi connectivity index (χ1n) is 9.60. The summed E-state index contributed by atoms with van der Waals surface area (Å²) in [6, 6.07) is 0. The highest BCUT2D eigenvalue weighted by Crippen LogP contribution is 2.13. The molecule has 0 rings (SSSR count). The van der Waals surface area contributed by atoms with Crippen molar-refractivity contribution in [1.29, 1.82) is 0 Å². The highest BCUT2D eigenvalue weighted by atomic mass is 16.7. The Labute approximate surface area is 142 Å². The fraction of sp³-hybridized carbons (Fsp3) is 0.895. The number of esters is 1. The number of carbonyl (C=O) groups excluding carboxylic acids is 1. The van der Waals surface area contributed by atoms with E-state index in [4.69, 9.17) is 5.11 Å². The molecule has 23 heavy (non-hydrogen) atoms. The fourth-order valence-electron chi connectivity index (χ4n) is 2.79. The summed E-state index contributed by atoms with van der Waals surface area (Å²) in [6.07, 6.45) is 17.8. The lowest BCUT2D eigenvalue weighted by atomic mass is 10.0. The third-order valence-electron chi connectivity index (χ3n) is 4.19. The molecule has 0 unspecified atom stereocenters. The average molecular weight is 328 g/mol. The van der Waals surface area contributed by atoms with Crippen LogP contribution in [0.2, 0.25) is 0 Å². The summed E-state index contributed by atoms with van der Waals surface area (Å²) in [7, 11) is 0. The predicted molar refractivity (Wildman–Crippen MR) is 93.7 cm³/mol. The Balaban J connectivity index is 3.08. The molecule has 0 atom stereocenters.